The monoisotopic (exact) mass is 536 g/mol. The van der Waals surface area contributed by atoms with E-state index in [0.29, 0.717) is 23.3 Å². The number of phenolic OH excluding ortho intramolecular Hbond substituents is 2. The van der Waals surface area contributed by atoms with Crippen LogP contribution in [0.4, 0.5) is 0 Å². The van der Waals surface area contributed by atoms with Crippen molar-refractivity contribution in [3.8, 4) is 11.5 Å². The van der Waals surface area contributed by atoms with Gasteiger partial charge in [0.25, 0.3) is 0 Å². The summed E-state index contributed by atoms with van der Waals surface area (Å²) in [5.74, 6) is 1.91. The van der Waals surface area contributed by atoms with Gasteiger partial charge in [0.1, 0.15) is 11.5 Å². The Hall–Kier alpha value is -1.96. The largest absolute Gasteiger partial charge is 0.507 e. The third-order valence-corrected chi connectivity index (χ3v) is 8.89. The van der Waals surface area contributed by atoms with Gasteiger partial charge in [-0.2, -0.15) is 0 Å². The first kappa shape index (κ1) is 33.2. The molecule has 0 bridgehead atoms. The van der Waals surface area contributed by atoms with E-state index in [0.717, 1.165) is 54.4 Å². The van der Waals surface area contributed by atoms with E-state index in [9.17, 15) is 10.2 Å². The van der Waals surface area contributed by atoms with Crippen molar-refractivity contribution in [3.05, 3.63) is 57.6 Å². The van der Waals surface area contributed by atoms with E-state index < -0.39 is 0 Å². The normalized spacial score (nSPS) is 14.9. The Morgan fingerprint density at radius 1 is 0.538 bits per heavy atom. The highest BCUT2D eigenvalue weighted by molar-refractivity contribution is 5.51. The van der Waals surface area contributed by atoms with Gasteiger partial charge in [-0.25, -0.2) is 0 Å². The van der Waals surface area contributed by atoms with Crippen LogP contribution in [-0.2, 0) is 30.1 Å². The fraction of sp³-hybridized carbons (Fsp3) is 0.676. The molecule has 0 saturated heterocycles. The van der Waals surface area contributed by atoms with Crippen LogP contribution in [0.15, 0.2) is 24.3 Å². The molecule has 2 aromatic rings. The van der Waals surface area contributed by atoms with Crippen LogP contribution >= 0.6 is 0 Å². The summed E-state index contributed by atoms with van der Waals surface area (Å²) in [6.45, 7) is 31.5. The minimum Gasteiger partial charge on any atom is -0.507 e. The van der Waals surface area contributed by atoms with Crippen molar-refractivity contribution >= 4 is 0 Å². The fourth-order valence-corrected chi connectivity index (χ4v) is 6.07. The van der Waals surface area contributed by atoms with Crippen LogP contribution in [0.3, 0.4) is 0 Å². The van der Waals surface area contributed by atoms with Crippen LogP contribution in [0.25, 0.3) is 0 Å². The van der Waals surface area contributed by atoms with E-state index in [-0.39, 0.29) is 21.7 Å². The van der Waals surface area contributed by atoms with Gasteiger partial charge in [-0.1, -0.05) is 134 Å². The van der Waals surface area contributed by atoms with Gasteiger partial charge in [0.2, 0.25) is 0 Å². The molecule has 0 saturated carbocycles. The standard InChI is InChI=1S/C37H60O2/c1-15-28(34(3,4)5)22-26-18-24(20-30(32(26)38)36(9,10)11)17-25-19-27(23-29(16-2)35(6,7)8)33(39)31(21-25)37(12,13)14/h18-21,28-29,38-39H,15-17,22-23H2,1-14H3. The minimum absolute atomic E-state index is 0.157. The lowest BCUT2D eigenvalue weighted by molar-refractivity contribution is 0.229. The zero-order valence-corrected chi connectivity index (χ0v) is 27.9. The van der Waals surface area contributed by atoms with E-state index in [1.807, 2.05) is 0 Å². The van der Waals surface area contributed by atoms with E-state index in [4.69, 9.17) is 0 Å². The van der Waals surface area contributed by atoms with Gasteiger partial charge < -0.3 is 10.2 Å². The number of hydrogen-bond acceptors (Lipinski definition) is 2. The molecule has 2 rings (SSSR count). The predicted octanol–water partition coefficient (Wildman–Crippen LogP) is 10.5. The van der Waals surface area contributed by atoms with Gasteiger partial charge in [0, 0.05) is 0 Å². The number of phenols is 2. The first-order valence-electron chi connectivity index (χ1n) is 15.3. The second kappa shape index (κ2) is 11.9. The molecule has 0 aliphatic heterocycles. The van der Waals surface area contributed by atoms with Crippen LogP contribution in [0.5, 0.6) is 11.5 Å². The molecule has 2 unspecified atom stereocenters. The summed E-state index contributed by atoms with van der Waals surface area (Å²) < 4.78 is 0. The van der Waals surface area contributed by atoms with Crippen LogP contribution in [0.1, 0.15) is 143 Å². The van der Waals surface area contributed by atoms with Gasteiger partial charge >= 0.3 is 0 Å². The second-order valence-corrected chi connectivity index (χ2v) is 16.3. The maximum Gasteiger partial charge on any atom is 0.122 e. The summed E-state index contributed by atoms with van der Waals surface area (Å²) in [7, 11) is 0. The summed E-state index contributed by atoms with van der Waals surface area (Å²) in [5, 5.41) is 22.9. The van der Waals surface area contributed by atoms with Crippen LogP contribution < -0.4 is 0 Å². The third-order valence-electron chi connectivity index (χ3n) is 8.89. The summed E-state index contributed by atoms with van der Waals surface area (Å²) >= 11 is 0. The molecule has 2 N–H and O–H groups in total. The summed E-state index contributed by atoms with van der Waals surface area (Å²) in [5.41, 5.74) is 6.67. The first-order valence-corrected chi connectivity index (χ1v) is 15.3. The smallest absolute Gasteiger partial charge is 0.122 e. The Bertz CT molecular complexity index is 1020. The molecular weight excluding hydrogens is 476 g/mol. The van der Waals surface area contributed by atoms with Crippen molar-refractivity contribution < 1.29 is 10.2 Å². The Labute approximate surface area is 241 Å². The fourth-order valence-electron chi connectivity index (χ4n) is 6.07. The Kier molecular flexibility index (Phi) is 10.1. The Morgan fingerprint density at radius 3 is 1.08 bits per heavy atom. The summed E-state index contributed by atoms with van der Waals surface area (Å²) in [6.07, 6.45) is 4.70. The highest BCUT2D eigenvalue weighted by Crippen LogP contribution is 2.42. The molecule has 39 heavy (non-hydrogen) atoms. The van der Waals surface area contributed by atoms with Gasteiger partial charge in [-0.05, 0) is 86.1 Å². The minimum atomic E-state index is -0.157. The Morgan fingerprint density at radius 2 is 0.846 bits per heavy atom. The molecule has 0 aromatic heterocycles. The molecule has 0 amide bonds. The highest BCUT2D eigenvalue weighted by Gasteiger charge is 2.29. The lowest BCUT2D eigenvalue weighted by Crippen LogP contribution is -2.23. The molecule has 0 fully saturated rings. The molecular formula is C37H60O2. The summed E-state index contributed by atoms with van der Waals surface area (Å²) in [6, 6.07) is 8.91. The second-order valence-electron chi connectivity index (χ2n) is 16.3. The van der Waals surface area contributed by atoms with Crippen molar-refractivity contribution in [2.45, 2.75) is 140 Å². The van der Waals surface area contributed by atoms with Crippen molar-refractivity contribution in [2.24, 2.45) is 22.7 Å². The third kappa shape index (κ3) is 8.51. The number of rotatable bonds is 8. The van der Waals surface area contributed by atoms with E-state index in [2.05, 4.69) is 121 Å². The van der Waals surface area contributed by atoms with E-state index in [1.54, 1.807) is 0 Å². The van der Waals surface area contributed by atoms with E-state index in [1.165, 1.54) is 11.1 Å². The SMILES string of the molecule is CCC(Cc1cc(Cc2cc(CC(CC)C(C)(C)C)c(O)c(C(C)(C)C)c2)cc(C(C)(C)C)c1O)C(C)(C)C. The molecule has 0 aliphatic carbocycles. The van der Waals surface area contributed by atoms with Gasteiger partial charge in [0.15, 0.2) is 0 Å². The van der Waals surface area contributed by atoms with Crippen LogP contribution in [-0.4, -0.2) is 10.2 Å². The molecule has 2 aromatic carbocycles. The topological polar surface area (TPSA) is 40.5 Å². The quantitative estimate of drug-likeness (QED) is 0.352. The molecule has 0 radical (unpaired) electrons. The molecule has 220 valence electrons. The Balaban J connectivity index is 2.68. The average Bonchev–Trinajstić information content (AvgIpc) is 2.75. The maximum absolute atomic E-state index is 11.4. The van der Waals surface area contributed by atoms with Crippen molar-refractivity contribution in [1.29, 1.82) is 0 Å². The van der Waals surface area contributed by atoms with Crippen molar-refractivity contribution in [3.63, 3.8) is 0 Å². The van der Waals surface area contributed by atoms with Gasteiger partial charge in [-0.15, -0.1) is 0 Å². The number of aromatic hydroxyl groups is 2. The zero-order chi connectivity index (χ0) is 30.1. The van der Waals surface area contributed by atoms with E-state index >= 15 is 0 Å². The molecule has 0 spiro atoms. The molecule has 2 nitrogen and oxygen atoms in total. The van der Waals surface area contributed by atoms with Crippen molar-refractivity contribution in [1.82, 2.24) is 0 Å². The lowest BCUT2D eigenvalue weighted by atomic mass is 9.74. The van der Waals surface area contributed by atoms with Crippen LogP contribution in [0, 0.1) is 22.7 Å². The first-order chi connectivity index (χ1) is 17.6. The number of hydrogen-bond donors (Lipinski definition) is 2. The maximum atomic E-state index is 11.4. The average molecular weight is 537 g/mol. The molecule has 0 heterocycles. The highest BCUT2D eigenvalue weighted by atomic mass is 16.3. The van der Waals surface area contributed by atoms with Gasteiger partial charge in [-0.3, -0.25) is 0 Å². The molecule has 2 heteroatoms. The molecule has 0 aliphatic rings. The zero-order valence-electron chi connectivity index (χ0n) is 27.9. The van der Waals surface area contributed by atoms with Crippen molar-refractivity contribution in [2.75, 3.05) is 0 Å². The lowest BCUT2D eigenvalue weighted by Gasteiger charge is -2.32. The predicted molar refractivity (Wildman–Crippen MR) is 170 cm³/mol. The van der Waals surface area contributed by atoms with Gasteiger partial charge in [0.05, 0.1) is 0 Å². The van der Waals surface area contributed by atoms with Crippen LogP contribution in [0.2, 0.25) is 0 Å². The molecule has 2 atom stereocenters. The summed E-state index contributed by atoms with van der Waals surface area (Å²) in [4.78, 5) is 0. The number of benzene rings is 2.